The van der Waals surface area contributed by atoms with Crippen LogP contribution in [0.15, 0.2) is 42.7 Å². The summed E-state index contributed by atoms with van der Waals surface area (Å²) in [4.78, 5) is 28.3. The number of aromatic amines is 1. The van der Waals surface area contributed by atoms with E-state index in [4.69, 9.17) is 5.73 Å². The summed E-state index contributed by atoms with van der Waals surface area (Å²) in [6, 6.07) is 8.42. The Morgan fingerprint density at radius 2 is 1.97 bits per heavy atom. The molecule has 0 saturated heterocycles. The zero-order chi connectivity index (χ0) is 20.8. The number of esters is 1. The number of hydrogen-bond donors (Lipinski definition) is 3. The maximum absolute atomic E-state index is 12.8. The Labute approximate surface area is 168 Å². The van der Waals surface area contributed by atoms with Crippen LogP contribution in [0, 0.1) is 0 Å². The molecule has 0 spiro atoms. The molecule has 0 unspecified atom stereocenters. The van der Waals surface area contributed by atoms with Crippen molar-refractivity contribution in [2.75, 3.05) is 7.11 Å². The lowest BCUT2D eigenvalue weighted by Gasteiger charge is -2.18. The van der Waals surface area contributed by atoms with E-state index in [2.05, 4.69) is 25.2 Å². The number of pyridine rings is 1. The number of aromatic nitrogens is 3. The van der Waals surface area contributed by atoms with Crippen LogP contribution >= 0.6 is 0 Å². The van der Waals surface area contributed by atoms with E-state index in [0.717, 1.165) is 28.6 Å². The fraction of sp³-hybridized carbons (Fsp3) is 0.333. The minimum absolute atomic E-state index is 0.0853. The maximum Gasteiger partial charge on any atom is 0.322 e. The van der Waals surface area contributed by atoms with E-state index in [-0.39, 0.29) is 11.9 Å². The van der Waals surface area contributed by atoms with Gasteiger partial charge in [-0.1, -0.05) is 6.92 Å². The number of amides is 1. The third-order valence-corrected chi connectivity index (χ3v) is 4.94. The van der Waals surface area contributed by atoms with Crippen molar-refractivity contribution in [2.24, 2.45) is 5.73 Å². The Morgan fingerprint density at radius 1 is 1.21 bits per heavy atom. The van der Waals surface area contributed by atoms with Gasteiger partial charge in [0.1, 0.15) is 11.7 Å². The highest BCUT2D eigenvalue weighted by atomic mass is 16.5. The molecule has 0 aliphatic carbocycles. The third-order valence-electron chi connectivity index (χ3n) is 4.94. The highest BCUT2D eigenvalue weighted by Gasteiger charge is 2.19. The molecule has 1 aromatic carbocycles. The van der Waals surface area contributed by atoms with Crippen molar-refractivity contribution in [2.45, 2.75) is 38.3 Å². The monoisotopic (exact) mass is 395 g/mol. The Balaban J connectivity index is 1.74. The molecular formula is C21H25N5O3. The first kappa shape index (κ1) is 20.5. The smallest absolute Gasteiger partial charge is 0.322 e. The third kappa shape index (κ3) is 4.78. The molecule has 2 atom stereocenters. The van der Waals surface area contributed by atoms with Crippen molar-refractivity contribution >= 4 is 22.8 Å². The zero-order valence-corrected chi connectivity index (χ0v) is 16.5. The molecule has 1 amide bonds. The van der Waals surface area contributed by atoms with Gasteiger partial charge in [-0.3, -0.25) is 19.7 Å². The van der Waals surface area contributed by atoms with Crippen molar-refractivity contribution in [1.29, 1.82) is 0 Å². The van der Waals surface area contributed by atoms with Crippen LogP contribution in [0.4, 0.5) is 0 Å². The predicted octanol–water partition coefficient (Wildman–Crippen LogP) is 2.41. The molecule has 0 aliphatic rings. The van der Waals surface area contributed by atoms with Crippen LogP contribution in [-0.2, 0) is 9.53 Å². The quantitative estimate of drug-likeness (QED) is 0.503. The first-order valence-electron chi connectivity index (χ1n) is 9.56. The second-order valence-electron chi connectivity index (χ2n) is 6.85. The van der Waals surface area contributed by atoms with Crippen LogP contribution < -0.4 is 11.1 Å². The zero-order valence-electron chi connectivity index (χ0n) is 16.5. The molecule has 2 aromatic heterocycles. The number of nitrogens with one attached hydrogen (secondary N) is 2. The van der Waals surface area contributed by atoms with Gasteiger partial charge in [-0.15, -0.1) is 0 Å². The number of ether oxygens (including phenoxy) is 1. The molecule has 0 saturated carbocycles. The summed E-state index contributed by atoms with van der Waals surface area (Å²) in [7, 11) is 1.31. The van der Waals surface area contributed by atoms with Gasteiger partial charge in [-0.2, -0.15) is 5.10 Å². The number of fused-ring (bicyclic) bond motifs is 1. The molecule has 8 nitrogen and oxygen atoms in total. The van der Waals surface area contributed by atoms with Gasteiger partial charge in [-0.05, 0) is 49.6 Å². The Morgan fingerprint density at radius 3 is 2.66 bits per heavy atom. The van der Waals surface area contributed by atoms with Crippen molar-refractivity contribution in [3.05, 3.63) is 48.3 Å². The summed E-state index contributed by atoms with van der Waals surface area (Å²) in [6.45, 7) is 1.98. The number of benzene rings is 1. The highest BCUT2D eigenvalue weighted by Crippen LogP contribution is 2.26. The fourth-order valence-corrected chi connectivity index (χ4v) is 3.18. The van der Waals surface area contributed by atoms with Gasteiger partial charge >= 0.3 is 5.97 Å². The van der Waals surface area contributed by atoms with Crippen molar-refractivity contribution in [3.8, 4) is 11.3 Å². The van der Waals surface area contributed by atoms with Crippen molar-refractivity contribution < 1.29 is 14.3 Å². The Hall–Kier alpha value is -3.26. The molecule has 0 fully saturated rings. The normalized spacial score (nSPS) is 13.1. The standard InChI is InChI=1S/C21H25N5O3/c1-3-15(5-6-17(22)21(28)29-2)24-20(27)14-4-7-18-16(12-14)19(26-25-18)13-8-10-23-11-9-13/h4,7-12,15,17H,3,5-6,22H2,1-2H3,(H,24,27)(H,25,26)/t15-,17-/m0/s1. The lowest BCUT2D eigenvalue weighted by atomic mass is 10.0. The van der Waals surface area contributed by atoms with E-state index in [9.17, 15) is 9.59 Å². The summed E-state index contributed by atoms with van der Waals surface area (Å²) < 4.78 is 4.65. The predicted molar refractivity (Wildman–Crippen MR) is 110 cm³/mol. The first-order chi connectivity index (χ1) is 14.0. The lowest BCUT2D eigenvalue weighted by molar-refractivity contribution is -0.142. The Kier molecular flexibility index (Phi) is 6.56. The van der Waals surface area contributed by atoms with Crippen LogP contribution in [0.2, 0.25) is 0 Å². The minimum Gasteiger partial charge on any atom is -0.468 e. The van der Waals surface area contributed by atoms with E-state index in [1.807, 2.05) is 31.2 Å². The molecule has 3 rings (SSSR count). The van der Waals surface area contributed by atoms with Crippen molar-refractivity contribution in [3.63, 3.8) is 0 Å². The molecule has 0 radical (unpaired) electrons. The van der Waals surface area contributed by atoms with Gasteiger partial charge in [0.05, 0.1) is 12.6 Å². The molecule has 29 heavy (non-hydrogen) atoms. The van der Waals surface area contributed by atoms with Gasteiger partial charge in [0.2, 0.25) is 0 Å². The van der Waals surface area contributed by atoms with E-state index in [1.165, 1.54) is 7.11 Å². The topological polar surface area (TPSA) is 123 Å². The van der Waals surface area contributed by atoms with Crippen LogP contribution in [0.5, 0.6) is 0 Å². The van der Waals surface area contributed by atoms with E-state index >= 15 is 0 Å². The molecular weight excluding hydrogens is 370 g/mol. The number of rotatable bonds is 8. The largest absolute Gasteiger partial charge is 0.468 e. The number of nitrogens with zero attached hydrogens (tertiary/aromatic N) is 2. The molecule has 0 aliphatic heterocycles. The molecule has 4 N–H and O–H groups in total. The van der Waals surface area contributed by atoms with Crippen LogP contribution in [0.25, 0.3) is 22.2 Å². The molecule has 2 heterocycles. The summed E-state index contributed by atoms with van der Waals surface area (Å²) >= 11 is 0. The van der Waals surface area contributed by atoms with Crippen LogP contribution in [-0.4, -0.2) is 46.3 Å². The van der Waals surface area contributed by atoms with Gasteiger partial charge in [0.25, 0.3) is 5.91 Å². The average Bonchev–Trinajstić information content (AvgIpc) is 3.19. The number of H-pyrrole nitrogens is 1. The number of carbonyl (C=O) groups excluding carboxylic acids is 2. The molecule has 8 heteroatoms. The number of carbonyl (C=O) groups is 2. The van der Waals surface area contributed by atoms with Gasteiger partial charge in [-0.25, -0.2) is 0 Å². The summed E-state index contributed by atoms with van der Waals surface area (Å²) in [5.74, 6) is -0.618. The maximum atomic E-state index is 12.8. The average molecular weight is 395 g/mol. The molecule has 3 aromatic rings. The van der Waals surface area contributed by atoms with E-state index in [1.54, 1.807) is 18.5 Å². The van der Waals surface area contributed by atoms with Gasteiger partial charge in [0.15, 0.2) is 0 Å². The highest BCUT2D eigenvalue weighted by molar-refractivity contribution is 6.01. The number of nitrogens with two attached hydrogens (primary N) is 1. The summed E-state index contributed by atoms with van der Waals surface area (Å²) in [5, 5.41) is 11.3. The van der Waals surface area contributed by atoms with E-state index < -0.39 is 12.0 Å². The van der Waals surface area contributed by atoms with Crippen LogP contribution in [0.1, 0.15) is 36.5 Å². The number of methoxy groups -OCH3 is 1. The van der Waals surface area contributed by atoms with E-state index in [0.29, 0.717) is 18.4 Å². The second-order valence-corrected chi connectivity index (χ2v) is 6.85. The fourth-order valence-electron chi connectivity index (χ4n) is 3.18. The SMILES string of the molecule is CC[C@@H](CC[C@H](N)C(=O)OC)NC(=O)c1ccc2[nH]nc(-c3ccncc3)c2c1. The van der Waals surface area contributed by atoms with Crippen molar-refractivity contribution in [1.82, 2.24) is 20.5 Å². The Bertz CT molecular complexity index is 986. The molecule has 0 bridgehead atoms. The summed E-state index contributed by atoms with van der Waals surface area (Å²) in [5.41, 5.74) is 8.89. The summed E-state index contributed by atoms with van der Waals surface area (Å²) in [6.07, 6.45) is 5.18. The minimum atomic E-state index is -0.684. The number of hydrogen-bond acceptors (Lipinski definition) is 6. The van der Waals surface area contributed by atoms with Crippen LogP contribution in [0.3, 0.4) is 0 Å². The second kappa shape index (κ2) is 9.29. The lowest BCUT2D eigenvalue weighted by Crippen LogP contribution is -2.38. The first-order valence-corrected chi connectivity index (χ1v) is 9.56. The molecule has 152 valence electrons. The van der Waals surface area contributed by atoms with Gasteiger partial charge in [0, 0.05) is 34.9 Å². The van der Waals surface area contributed by atoms with Gasteiger partial charge < -0.3 is 15.8 Å².